The van der Waals surface area contributed by atoms with E-state index in [1.54, 1.807) is 0 Å². The van der Waals surface area contributed by atoms with Crippen LogP contribution in [0.2, 0.25) is 0 Å². The highest BCUT2D eigenvalue weighted by molar-refractivity contribution is 5.77. The fraction of sp³-hybridized carbons (Fsp3) is 0.632. The Morgan fingerprint density at radius 1 is 1.42 bits per heavy atom. The third kappa shape index (κ3) is 6.40. The lowest BCUT2D eigenvalue weighted by molar-refractivity contribution is 0.114. The zero-order valence-corrected chi connectivity index (χ0v) is 15.0. The van der Waals surface area contributed by atoms with Crippen LogP contribution in [0.15, 0.2) is 23.2 Å². The van der Waals surface area contributed by atoms with Gasteiger partial charge in [0.15, 0.2) is 5.96 Å². The molecule has 1 aromatic rings. The number of nitrogens with zero attached hydrogens (tertiary/aromatic N) is 1. The van der Waals surface area contributed by atoms with E-state index in [4.69, 9.17) is 15.2 Å². The van der Waals surface area contributed by atoms with Gasteiger partial charge in [-0.1, -0.05) is 31.9 Å². The lowest BCUT2D eigenvalue weighted by atomic mass is 10.1. The molecule has 0 amide bonds. The van der Waals surface area contributed by atoms with E-state index in [-0.39, 0.29) is 6.10 Å². The maximum atomic E-state index is 5.96. The number of nitrogens with one attached hydrogen (secondary N) is 1. The molecule has 2 rings (SSSR count). The molecule has 0 saturated carbocycles. The highest BCUT2D eigenvalue weighted by atomic mass is 16.5. The summed E-state index contributed by atoms with van der Waals surface area (Å²) < 4.78 is 11.5. The van der Waals surface area contributed by atoms with Gasteiger partial charge in [-0.05, 0) is 37.8 Å². The summed E-state index contributed by atoms with van der Waals surface area (Å²) >= 11 is 0. The minimum atomic E-state index is 0.260. The second-order valence-corrected chi connectivity index (χ2v) is 6.38. The van der Waals surface area contributed by atoms with Crippen molar-refractivity contribution in [2.75, 3.05) is 19.8 Å². The molecule has 0 aromatic heterocycles. The van der Waals surface area contributed by atoms with E-state index in [1.165, 1.54) is 18.4 Å². The van der Waals surface area contributed by atoms with Crippen molar-refractivity contribution in [3.63, 3.8) is 0 Å². The molecule has 1 aromatic carbocycles. The first-order chi connectivity index (χ1) is 11.7. The van der Waals surface area contributed by atoms with Crippen LogP contribution in [0.5, 0.6) is 5.75 Å². The smallest absolute Gasteiger partial charge is 0.189 e. The van der Waals surface area contributed by atoms with Crippen LogP contribution in [-0.2, 0) is 11.3 Å². The van der Waals surface area contributed by atoms with Gasteiger partial charge in [-0.25, -0.2) is 4.99 Å². The van der Waals surface area contributed by atoms with Gasteiger partial charge in [0.05, 0.1) is 19.3 Å². The number of guanidine groups is 1. The van der Waals surface area contributed by atoms with E-state index in [9.17, 15) is 0 Å². The summed E-state index contributed by atoms with van der Waals surface area (Å²) in [6, 6.07) is 6.23. The van der Waals surface area contributed by atoms with Crippen LogP contribution < -0.4 is 15.8 Å². The van der Waals surface area contributed by atoms with Gasteiger partial charge in [-0.2, -0.15) is 0 Å². The molecule has 0 radical (unpaired) electrons. The summed E-state index contributed by atoms with van der Waals surface area (Å²) in [4.78, 5) is 4.44. The van der Waals surface area contributed by atoms with Gasteiger partial charge in [0.1, 0.15) is 5.75 Å². The highest BCUT2D eigenvalue weighted by Crippen LogP contribution is 2.21. The monoisotopic (exact) mass is 333 g/mol. The van der Waals surface area contributed by atoms with E-state index >= 15 is 0 Å². The first-order valence-corrected chi connectivity index (χ1v) is 9.06. The Morgan fingerprint density at radius 3 is 3.04 bits per heavy atom. The van der Waals surface area contributed by atoms with Gasteiger partial charge in [0, 0.05) is 18.7 Å². The second-order valence-electron chi connectivity index (χ2n) is 6.38. The molecule has 3 N–H and O–H groups in total. The van der Waals surface area contributed by atoms with Crippen LogP contribution in [0.4, 0.5) is 0 Å². The average molecular weight is 333 g/mol. The third-order valence-corrected chi connectivity index (χ3v) is 4.18. The minimum Gasteiger partial charge on any atom is -0.493 e. The fourth-order valence-electron chi connectivity index (χ4n) is 2.71. The molecule has 1 atom stereocenters. The van der Waals surface area contributed by atoms with Gasteiger partial charge in [0.25, 0.3) is 0 Å². The minimum absolute atomic E-state index is 0.260. The molecule has 1 heterocycles. The zero-order valence-electron chi connectivity index (χ0n) is 15.0. The summed E-state index contributed by atoms with van der Waals surface area (Å²) in [5.41, 5.74) is 8.22. The Balaban J connectivity index is 1.86. The molecule has 5 nitrogen and oxygen atoms in total. The first-order valence-electron chi connectivity index (χ1n) is 9.06. The predicted octanol–water partition coefficient (Wildman–Crippen LogP) is 3.15. The van der Waals surface area contributed by atoms with Gasteiger partial charge < -0.3 is 20.5 Å². The number of hydrogen-bond donors (Lipinski definition) is 2. The molecule has 0 aliphatic carbocycles. The van der Waals surface area contributed by atoms with E-state index in [0.717, 1.165) is 50.3 Å². The molecule has 24 heavy (non-hydrogen) atoms. The number of nitrogens with two attached hydrogens (primary N) is 1. The Hall–Kier alpha value is -1.75. The molecule has 134 valence electrons. The van der Waals surface area contributed by atoms with Crippen molar-refractivity contribution in [3.05, 3.63) is 29.3 Å². The van der Waals surface area contributed by atoms with Crippen LogP contribution in [0.25, 0.3) is 0 Å². The van der Waals surface area contributed by atoms with Crippen molar-refractivity contribution in [1.82, 2.24) is 5.32 Å². The summed E-state index contributed by atoms with van der Waals surface area (Å²) in [5, 5.41) is 3.15. The Morgan fingerprint density at radius 2 is 2.29 bits per heavy atom. The van der Waals surface area contributed by atoms with Gasteiger partial charge in [-0.15, -0.1) is 0 Å². The second kappa shape index (κ2) is 10.2. The Bertz CT molecular complexity index is 525. The maximum absolute atomic E-state index is 5.96. The average Bonchev–Trinajstić information content (AvgIpc) is 3.09. The van der Waals surface area contributed by atoms with Gasteiger partial charge in [-0.3, -0.25) is 0 Å². The lowest BCUT2D eigenvalue weighted by Crippen LogP contribution is -2.37. The molecule has 1 saturated heterocycles. The largest absolute Gasteiger partial charge is 0.493 e. The fourth-order valence-corrected chi connectivity index (χ4v) is 2.71. The summed E-state index contributed by atoms with van der Waals surface area (Å²) in [7, 11) is 0. The number of rotatable bonds is 9. The number of unbranched alkanes of at least 4 members (excludes halogenated alkanes) is 2. The highest BCUT2D eigenvalue weighted by Gasteiger charge is 2.15. The van der Waals surface area contributed by atoms with Crippen LogP contribution >= 0.6 is 0 Å². The van der Waals surface area contributed by atoms with E-state index < -0.39 is 0 Å². The summed E-state index contributed by atoms with van der Waals surface area (Å²) in [5.74, 6) is 1.38. The van der Waals surface area contributed by atoms with Crippen molar-refractivity contribution < 1.29 is 9.47 Å². The standard InChI is InChI=1S/C19H31N3O2/c1-3-4-5-10-24-18-12-15(2)8-9-16(18)13-21-19(20)22-14-17-7-6-11-23-17/h8-9,12,17H,3-7,10-11,13-14H2,1-2H3,(H3,20,21,22). The summed E-state index contributed by atoms with van der Waals surface area (Å²) in [6.07, 6.45) is 5.95. The zero-order chi connectivity index (χ0) is 17.2. The number of aliphatic imine (C=N–C) groups is 1. The molecule has 1 aliphatic rings. The lowest BCUT2D eigenvalue weighted by Gasteiger charge is -2.13. The number of ether oxygens (including phenoxy) is 2. The van der Waals surface area contributed by atoms with Crippen LogP contribution in [0.3, 0.4) is 0 Å². The van der Waals surface area contributed by atoms with E-state index in [0.29, 0.717) is 12.5 Å². The molecule has 5 heteroatoms. The Labute approximate surface area is 145 Å². The van der Waals surface area contributed by atoms with Crippen molar-refractivity contribution in [2.45, 2.75) is 58.6 Å². The van der Waals surface area contributed by atoms with Crippen molar-refractivity contribution in [1.29, 1.82) is 0 Å². The van der Waals surface area contributed by atoms with Crippen LogP contribution in [0, 0.1) is 6.92 Å². The van der Waals surface area contributed by atoms with Gasteiger partial charge in [0.2, 0.25) is 0 Å². The van der Waals surface area contributed by atoms with Crippen LogP contribution in [0.1, 0.15) is 50.2 Å². The first kappa shape index (κ1) is 18.6. The van der Waals surface area contributed by atoms with Crippen molar-refractivity contribution >= 4 is 5.96 Å². The Kier molecular flexibility index (Phi) is 7.89. The molecular formula is C19H31N3O2. The number of hydrogen-bond acceptors (Lipinski definition) is 3. The molecular weight excluding hydrogens is 302 g/mol. The van der Waals surface area contributed by atoms with Crippen molar-refractivity contribution in [2.24, 2.45) is 10.7 Å². The maximum Gasteiger partial charge on any atom is 0.189 e. The third-order valence-electron chi connectivity index (χ3n) is 4.18. The number of benzene rings is 1. The molecule has 0 bridgehead atoms. The SMILES string of the molecule is CCCCCOc1cc(C)ccc1CN=C(N)NCC1CCCO1. The van der Waals surface area contributed by atoms with E-state index in [2.05, 4.69) is 42.4 Å². The summed E-state index contributed by atoms with van der Waals surface area (Å²) in [6.45, 7) is 7.12. The normalized spacial score (nSPS) is 17.9. The predicted molar refractivity (Wildman–Crippen MR) is 98.5 cm³/mol. The van der Waals surface area contributed by atoms with E-state index in [1.807, 2.05) is 0 Å². The molecule has 0 spiro atoms. The molecule has 1 aliphatic heterocycles. The number of aryl methyl sites for hydroxylation is 1. The van der Waals surface area contributed by atoms with Gasteiger partial charge >= 0.3 is 0 Å². The van der Waals surface area contributed by atoms with Crippen LogP contribution in [-0.4, -0.2) is 31.8 Å². The topological polar surface area (TPSA) is 68.9 Å². The van der Waals surface area contributed by atoms with Crippen molar-refractivity contribution in [3.8, 4) is 5.75 Å². The molecule has 1 unspecified atom stereocenters. The molecule has 1 fully saturated rings. The quantitative estimate of drug-likeness (QED) is 0.414.